The maximum absolute atomic E-state index is 12.0. The first-order chi connectivity index (χ1) is 8.09. The molecular formula is C14H25NO3. The van der Waals surface area contributed by atoms with Crippen molar-refractivity contribution < 1.29 is 14.7 Å². The average molecular weight is 255 g/mol. The zero-order valence-electron chi connectivity index (χ0n) is 12.3. The van der Waals surface area contributed by atoms with Crippen LogP contribution in [-0.2, 0) is 9.59 Å². The Labute approximate surface area is 110 Å². The molecule has 1 atom stereocenters. The Hall–Kier alpha value is -1.32. The number of hydrogen-bond donors (Lipinski definition) is 1. The fraction of sp³-hybridized carbons (Fsp3) is 0.714. The molecule has 1 amide bonds. The van der Waals surface area contributed by atoms with Crippen LogP contribution in [0, 0.1) is 11.3 Å². The number of carbonyl (C=O) groups excluding carboxylic acids is 1. The van der Waals surface area contributed by atoms with Crippen molar-refractivity contribution in [2.45, 2.75) is 41.5 Å². The second-order valence-corrected chi connectivity index (χ2v) is 5.69. The molecule has 0 bridgehead atoms. The van der Waals surface area contributed by atoms with E-state index in [1.807, 2.05) is 34.6 Å². The normalized spacial score (nSPS) is 14.2. The molecule has 4 nitrogen and oxygen atoms in total. The van der Waals surface area contributed by atoms with Crippen LogP contribution in [0.3, 0.4) is 0 Å². The lowest BCUT2D eigenvalue weighted by Gasteiger charge is -2.24. The molecule has 0 spiro atoms. The number of likely N-dealkylation sites (N-methyl/N-ethyl adjacent to an activating group) is 1. The van der Waals surface area contributed by atoms with Crippen LogP contribution in [0.1, 0.15) is 41.5 Å². The fourth-order valence-corrected chi connectivity index (χ4v) is 1.28. The smallest absolute Gasteiger partial charge is 0.308 e. The molecular weight excluding hydrogens is 230 g/mol. The van der Waals surface area contributed by atoms with Gasteiger partial charge in [0.05, 0.1) is 5.92 Å². The number of carboxylic acids is 1. The van der Waals surface area contributed by atoms with Crippen LogP contribution in [0.25, 0.3) is 0 Å². The molecule has 0 rings (SSSR count). The van der Waals surface area contributed by atoms with E-state index in [1.165, 1.54) is 0 Å². The second-order valence-electron chi connectivity index (χ2n) is 5.69. The van der Waals surface area contributed by atoms with Gasteiger partial charge in [-0.3, -0.25) is 9.59 Å². The van der Waals surface area contributed by atoms with Crippen molar-refractivity contribution in [2.75, 3.05) is 13.1 Å². The van der Waals surface area contributed by atoms with Crippen molar-refractivity contribution in [2.24, 2.45) is 11.3 Å². The molecule has 0 aromatic carbocycles. The summed E-state index contributed by atoms with van der Waals surface area (Å²) in [6, 6.07) is 0. The molecule has 1 N–H and O–H groups in total. The van der Waals surface area contributed by atoms with Gasteiger partial charge in [0, 0.05) is 19.2 Å². The van der Waals surface area contributed by atoms with Gasteiger partial charge in [-0.05, 0) is 19.3 Å². The summed E-state index contributed by atoms with van der Waals surface area (Å²) in [7, 11) is 0. The summed E-state index contributed by atoms with van der Waals surface area (Å²) in [5.41, 5.74) is 0.946. The largest absolute Gasteiger partial charge is 0.481 e. The molecule has 18 heavy (non-hydrogen) atoms. The third-order valence-corrected chi connectivity index (χ3v) is 3.13. The van der Waals surface area contributed by atoms with E-state index < -0.39 is 11.9 Å². The predicted octanol–water partition coefficient (Wildman–Crippen LogP) is 2.55. The van der Waals surface area contributed by atoms with Gasteiger partial charge in [-0.25, -0.2) is 0 Å². The fourth-order valence-electron chi connectivity index (χ4n) is 1.28. The summed E-state index contributed by atoms with van der Waals surface area (Å²) >= 11 is 0. The summed E-state index contributed by atoms with van der Waals surface area (Å²) in [6.45, 7) is 12.3. The van der Waals surface area contributed by atoms with Crippen molar-refractivity contribution in [1.82, 2.24) is 4.90 Å². The van der Waals surface area contributed by atoms with E-state index in [0.29, 0.717) is 6.54 Å². The Bertz CT molecular complexity index is 339. The molecule has 0 aliphatic carbocycles. The van der Waals surface area contributed by atoms with Crippen molar-refractivity contribution in [3.63, 3.8) is 0 Å². The second kappa shape index (κ2) is 6.57. The monoisotopic (exact) mass is 255 g/mol. The topological polar surface area (TPSA) is 57.6 Å². The van der Waals surface area contributed by atoms with E-state index in [1.54, 1.807) is 17.9 Å². The highest BCUT2D eigenvalue weighted by molar-refractivity contribution is 5.88. The summed E-state index contributed by atoms with van der Waals surface area (Å²) < 4.78 is 0. The first-order valence-electron chi connectivity index (χ1n) is 6.30. The average Bonchev–Trinajstić information content (AvgIpc) is 2.23. The van der Waals surface area contributed by atoms with Crippen LogP contribution in [0.15, 0.2) is 11.6 Å². The Morgan fingerprint density at radius 1 is 1.33 bits per heavy atom. The molecule has 0 heterocycles. The van der Waals surface area contributed by atoms with E-state index in [-0.39, 0.29) is 17.9 Å². The number of amides is 1. The SMILES string of the molecule is CCN(CC(C)C(=O)O)C(=O)/C=C(/C)C(C)(C)C. The van der Waals surface area contributed by atoms with Gasteiger partial charge in [-0.2, -0.15) is 0 Å². The molecule has 1 unspecified atom stereocenters. The lowest BCUT2D eigenvalue weighted by Crippen LogP contribution is -2.36. The lowest BCUT2D eigenvalue weighted by atomic mass is 9.87. The zero-order valence-corrected chi connectivity index (χ0v) is 12.3. The summed E-state index contributed by atoms with van der Waals surface area (Å²) in [4.78, 5) is 24.4. The van der Waals surface area contributed by atoms with Crippen LogP contribution in [-0.4, -0.2) is 35.0 Å². The summed E-state index contributed by atoms with van der Waals surface area (Å²) in [5.74, 6) is -1.53. The van der Waals surface area contributed by atoms with Crippen molar-refractivity contribution in [3.8, 4) is 0 Å². The van der Waals surface area contributed by atoms with Gasteiger partial charge in [-0.15, -0.1) is 0 Å². The van der Waals surface area contributed by atoms with Gasteiger partial charge in [0.1, 0.15) is 0 Å². The van der Waals surface area contributed by atoms with Crippen LogP contribution < -0.4 is 0 Å². The molecule has 0 radical (unpaired) electrons. The van der Waals surface area contributed by atoms with Crippen molar-refractivity contribution in [1.29, 1.82) is 0 Å². The summed E-state index contributed by atoms with van der Waals surface area (Å²) in [6.07, 6.45) is 1.61. The highest BCUT2D eigenvalue weighted by Crippen LogP contribution is 2.24. The molecule has 0 fully saturated rings. The first-order valence-corrected chi connectivity index (χ1v) is 6.30. The number of aliphatic carboxylic acids is 1. The van der Waals surface area contributed by atoms with Crippen LogP contribution in [0.5, 0.6) is 0 Å². The van der Waals surface area contributed by atoms with E-state index in [4.69, 9.17) is 5.11 Å². The van der Waals surface area contributed by atoms with Gasteiger partial charge in [-0.1, -0.05) is 33.3 Å². The zero-order chi connectivity index (χ0) is 14.5. The van der Waals surface area contributed by atoms with Gasteiger partial charge >= 0.3 is 5.97 Å². The molecule has 0 aromatic heterocycles. The third kappa shape index (κ3) is 5.34. The van der Waals surface area contributed by atoms with Gasteiger partial charge in [0.2, 0.25) is 5.91 Å². The molecule has 0 aliphatic heterocycles. The number of carboxylic acid groups (broad SMARTS) is 1. The van der Waals surface area contributed by atoms with Crippen molar-refractivity contribution >= 4 is 11.9 Å². The van der Waals surface area contributed by atoms with Crippen molar-refractivity contribution in [3.05, 3.63) is 11.6 Å². The standard InChI is InChI=1S/C14H25NO3/c1-7-15(9-10(2)13(17)18)12(16)8-11(3)14(4,5)6/h8,10H,7,9H2,1-6H3,(H,17,18)/b11-8-. The number of nitrogens with zero attached hydrogens (tertiary/aromatic N) is 1. The van der Waals surface area contributed by atoms with Crippen LogP contribution in [0.2, 0.25) is 0 Å². The van der Waals surface area contributed by atoms with Gasteiger partial charge in [0.15, 0.2) is 0 Å². The van der Waals surface area contributed by atoms with E-state index >= 15 is 0 Å². The van der Waals surface area contributed by atoms with E-state index in [9.17, 15) is 9.59 Å². The quantitative estimate of drug-likeness (QED) is 0.768. The highest BCUT2D eigenvalue weighted by Gasteiger charge is 2.20. The minimum Gasteiger partial charge on any atom is -0.481 e. The van der Waals surface area contributed by atoms with E-state index in [2.05, 4.69) is 0 Å². The molecule has 0 aliphatic rings. The number of allylic oxidation sites excluding steroid dienone is 1. The maximum atomic E-state index is 12.0. The number of hydrogen-bond acceptors (Lipinski definition) is 2. The van der Waals surface area contributed by atoms with E-state index in [0.717, 1.165) is 5.57 Å². The minimum absolute atomic E-state index is 0.0481. The Kier molecular flexibility index (Phi) is 6.09. The Morgan fingerprint density at radius 3 is 2.17 bits per heavy atom. The maximum Gasteiger partial charge on any atom is 0.308 e. The molecule has 0 saturated heterocycles. The lowest BCUT2D eigenvalue weighted by molar-refractivity contribution is -0.142. The summed E-state index contributed by atoms with van der Waals surface area (Å²) in [5, 5.41) is 8.87. The molecule has 4 heteroatoms. The molecule has 0 saturated carbocycles. The first kappa shape index (κ1) is 16.7. The van der Waals surface area contributed by atoms with Gasteiger partial charge < -0.3 is 10.0 Å². The minimum atomic E-state index is -0.877. The Balaban J connectivity index is 4.79. The van der Waals surface area contributed by atoms with Gasteiger partial charge in [0.25, 0.3) is 0 Å². The number of rotatable bonds is 5. The number of carbonyl (C=O) groups is 2. The highest BCUT2D eigenvalue weighted by atomic mass is 16.4. The van der Waals surface area contributed by atoms with Crippen LogP contribution in [0.4, 0.5) is 0 Å². The Morgan fingerprint density at radius 2 is 1.83 bits per heavy atom. The predicted molar refractivity (Wildman–Crippen MR) is 72.3 cm³/mol. The third-order valence-electron chi connectivity index (χ3n) is 3.13. The molecule has 104 valence electrons. The molecule has 0 aromatic rings. The van der Waals surface area contributed by atoms with Crippen LogP contribution >= 0.6 is 0 Å².